The molecule has 1 aromatic carbocycles. The Kier molecular flexibility index (Phi) is 2.70. The fraction of sp³-hybridized carbons (Fsp3) is 0.357. The lowest BCUT2D eigenvalue weighted by atomic mass is 10.2. The first kappa shape index (κ1) is 11.1. The van der Waals surface area contributed by atoms with Crippen LogP contribution >= 0.6 is 0 Å². The van der Waals surface area contributed by atoms with Crippen molar-refractivity contribution in [1.29, 1.82) is 0 Å². The van der Waals surface area contributed by atoms with E-state index >= 15 is 0 Å². The van der Waals surface area contributed by atoms with Crippen LogP contribution in [0.4, 0.5) is 0 Å². The summed E-state index contributed by atoms with van der Waals surface area (Å²) in [5, 5.41) is 0. The van der Waals surface area contributed by atoms with Gasteiger partial charge in [0.25, 0.3) is 5.91 Å². The van der Waals surface area contributed by atoms with Crippen molar-refractivity contribution in [1.82, 2.24) is 4.90 Å². The lowest BCUT2D eigenvalue weighted by molar-refractivity contribution is -0.139. The highest BCUT2D eigenvalue weighted by Crippen LogP contribution is 2.31. The number of amides is 1. The predicted octanol–water partition coefficient (Wildman–Crippen LogP) is 1.61. The third kappa shape index (κ3) is 1.94. The molecule has 18 heavy (non-hydrogen) atoms. The SMILES string of the molecule is C=C1CCN(C(=O)C2COc3ccccc3O2)C1. The van der Waals surface area contributed by atoms with Crippen LogP contribution in [-0.2, 0) is 4.79 Å². The Morgan fingerprint density at radius 1 is 1.33 bits per heavy atom. The molecule has 2 aliphatic rings. The van der Waals surface area contributed by atoms with Gasteiger partial charge >= 0.3 is 0 Å². The molecule has 4 nitrogen and oxygen atoms in total. The number of carbonyl (C=O) groups excluding carboxylic acids is 1. The lowest BCUT2D eigenvalue weighted by Gasteiger charge is -2.28. The second kappa shape index (κ2) is 4.37. The third-order valence-electron chi connectivity index (χ3n) is 3.25. The molecule has 0 radical (unpaired) electrons. The van der Waals surface area contributed by atoms with E-state index in [4.69, 9.17) is 9.47 Å². The van der Waals surface area contributed by atoms with Gasteiger partial charge in [0.1, 0.15) is 6.61 Å². The molecule has 0 spiro atoms. The number of likely N-dealkylation sites (tertiary alicyclic amines) is 1. The molecule has 1 atom stereocenters. The summed E-state index contributed by atoms with van der Waals surface area (Å²) in [5.41, 5.74) is 1.10. The number of hydrogen-bond donors (Lipinski definition) is 0. The van der Waals surface area contributed by atoms with Crippen molar-refractivity contribution in [2.45, 2.75) is 12.5 Å². The molecule has 1 amide bonds. The van der Waals surface area contributed by atoms with E-state index in [0.29, 0.717) is 18.0 Å². The van der Waals surface area contributed by atoms with Gasteiger partial charge in [-0.25, -0.2) is 0 Å². The summed E-state index contributed by atoms with van der Waals surface area (Å²) >= 11 is 0. The highest BCUT2D eigenvalue weighted by atomic mass is 16.6. The number of benzene rings is 1. The fourth-order valence-electron chi connectivity index (χ4n) is 2.25. The number of carbonyl (C=O) groups is 1. The van der Waals surface area contributed by atoms with Gasteiger partial charge in [-0.1, -0.05) is 24.3 Å². The van der Waals surface area contributed by atoms with Crippen molar-refractivity contribution in [3.63, 3.8) is 0 Å². The predicted molar refractivity (Wildman–Crippen MR) is 66.7 cm³/mol. The zero-order chi connectivity index (χ0) is 12.5. The largest absolute Gasteiger partial charge is 0.485 e. The Bertz CT molecular complexity index is 498. The molecule has 4 heteroatoms. The fourth-order valence-corrected chi connectivity index (χ4v) is 2.25. The number of hydrogen-bond acceptors (Lipinski definition) is 3. The van der Waals surface area contributed by atoms with Gasteiger partial charge in [-0.2, -0.15) is 0 Å². The maximum absolute atomic E-state index is 12.2. The summed E-state index contributed by atoms with van der Waals surface area (Å²) in [6, 6.07) is 7.41. The highest BCUT2D eigenvalue weighted by Gasteiger charge is 2.32. The Balaban J connectivity index is 1.72. The number of para-hydroxylation sites is 2. The maximum atomic E-state index is 12.2. The van der Waals surface area contributed by atoms with E-state index in [1.807, 2.05) is 24.3 Å². The Morgan fingerprint density at radius 2 is 2.11 bits per heavy atom. The third-order valence-corrected chi connectivity index (χ3v) is 3.25. The number of ether oxygens (including phenoxy) is 2. The lowest BCUT2D eigenvalue weighted by Crippen LogP contribution is -2.45. The van der Waals surface area contributed by atoms with Gasteiger partial charge in [-0.3, -0.25) is 4.79 Å². The molecule has 2 aliphatic heterocycles. The molecule has 94 valence electrons. The van der Waals surface area contributed by atoms with Crippen LogP contribution in [0.3, 0.4) is 0 Å². The molecule has 1 aromatic rings. The first-order valence-electron chi connectivity index (χ1n) is 6.08. The summed E-state index contributed by atoms with van der Waals surface area (Å²) in [6.07, 6.45) is 0.349. The van der Waals surface area contributed by atoms with Crippen molar-refractivity contribution in [3.8, 4) is 11.5 Å². The second-order valence-electron chi connectivity index (χ2n) is 4.62. The summed E-state index contributed by atoms with van der Waals surface area (Å²) < 4.78 is 11.2. The Morgan fingerprint density at radius 3 is 2.83 bits per heavy atom. The van der Waals surface area contributed by atoms with Crippen LogP contribution < -0.4 is 9.47 Å². The van der Waals surface area contributed by atoms with Crippen LogP contribution in [0, 0.1) is 0 Å². The van der Waals surface area contributed by atoms with Crippen molar-refractivity contribution in [3.05, 3.63) is 36.4 Å². The monoisotopic (exact) mass is 245 g/mol. The van der Waals surface area contributed by atoms with Crippen LogP contribution in [0.25, 0.3) is 0 Å². The molecule has 2 heterocycles. The van der Waals surface area contributed by atoms with E-state index in [1.165, 1.54) is 0 Å². The molecule has 1 fully saturated rings. The molecule has 1 saturated heterocycles. The van der Waals surface area contributed by atoms with Gasteiger partial charge in [0, 0.05) is 13.1 Å². The molecule has 3 rings (SSSR count). The molecule has 0 saturated carbocycles. The number of fused-ring (bicyclic) bond motifs is 1. The maximum Gasteiger partial charge on any atom is 0.267 e. The topological polar surface area (TPSA) is 38.8 Å². The average Bonchev–Trinajstić information content (AvgIpc) is 2.84. The van der Waals surface area contributed by atoms with E-state index in [-0.39, 0.29) is 12.5 Å². The molecule has 0 N–H and O–H groups in total. The second-order valence-corrected chi connectivity index (χ2v) is 4.62. The van der Waals surface area contributed by atoms with Crippen molar-refractivity contribution >= 4 is 5.91 Å². The molecule has 0 aliphatic carbocycles. The van der Waals surface area contributed by atoms with Gasteiger partial charge in [0.15, 0.2) is 11.5 Å². The van der Waals surface area contributed by atoms with Crippen LogP contribution in [-0.4, -0.2) is 36.6 Å². The van der Waals surface area contributed by atoms with E-state index in [1.54, 1.807) is 4.90 Å². The average molecular weight is 245 g/mol. The first-order valence-corrected chi connectivity index (χ1v) is 6.08. The Hall–Kier alpha value is -1.97. The zero-order valence-electron chi connectivity index (χ0n) is 10.1. The standard InChI is InChI=1S/C14H15NO3/c1-10-6-7-15(8-10)14(16)13-9-17-11-4-2-3-5-12(11)18-13/h2-5,13H,1,6-9H2. The van der Waals surface area contributed by atoms with Crippen molar-refractivity contribution < 1.29 is 14.3 Å². The summed E-state index contributed by atoms with van der Waals surface area (Å²) in [7, 11) is 0. The highest BCUT2D eigenvalue weighted by molar-refractivity contribution is 5.82. The summed E-state index contributed by atoms with van der Waals surface area (Å²) in [6.45, 7) is 5.55. The van der Waals surface area contributed by atoms with E-state index in [9.17, 15) is 4.79 Å². The minimum atomic E-state index is -0.536. The first-order chi connectivity index (χ1) is 8.74. The van der Waals surface area contributed by atoms with Crippen LogP contribution in [0.2, 0.25) is 0 Å². The van der Waals surface area contributed by atoms with E-state index in [0.717, 1.165) is 18.5 Å². The van der Waals surface area contributed by atoms with Gasteiger partial charge in [0.2, 0.25) is 6.10 Å². The summed E-state index contributed by atoms with van der Waals surface area (Å²) in [4.78, 5) is 14.0. The van der Waals surface area contributed by atoms with Crippen molar-refractivity contribution in [2.75, 3.05) is 19.7 Å². The van der Waals surface area contributed by atoms with Gasteiger partial charge < -0.3 is 14.4 Å². The minimum Gasteiger partial charge on any atom is -0.485 e. The van der Waals surface area contributed by atoms with E-state index < -0.39 is 6.10 Å². The number of rotatable bonds is 1. The van der Waals surface area contributed by atoms with Gasteiger partial charge in [-0.15, -0.1) is 0 Å². The minimum absolute atomic E-state index is 0.0110. The van der Waals surface area contributed by atoms with Crippen LogP contribution in [0.5, 0.6) is 11.5 Å². The smallest absolute Gasteiger partial charge is 0.267 e. The molecule has 0 bridgehead atoms. The molecule has 1 unspecified atom stereocenters. The molecule has 0 aromatic heterocycles. The van der Waals surface area contributed by atoms with Gasteiger partial charge in [0.05, 0.1) is 0 Å². The molecular formula is C14H15NO3. The molecular weight excluding hydrogens is 230 g/mol. The Labute approximate surface area is 106 Å². The van der Waals surface area contributed by atoms with Crippen molar-refractivity contribution in [2.24, 2.45) is 0 Å². The van der Waals surface area contributed by atoms with Crippen LogP contribution in [0.15, 0.2) is 36.4 Å². The summed E-state index contributed by atoms with van der Waals surface area (Å²) in [5.74, 6) is 1.33. The quantitative estimate of drug-likeness (QED) is 0.706. The van der Waals surface area contributed by atoms with Gasteiger partial charge in [-0.05, 0) is 18.6 Å². The number of nitrogens with zero attached hydrogens (tertiary/aromatic N) is 1. The van der Waals surface area contributed by atoms with E-state index in [2.05, 4.69) is 6.58 Å². The van der Waals surface area contributed by atoms with Crippen LogP contribution in [0.1, 0.15) is 6.42 Å². The normalized spacial score (nSPS) is 22.1. The zero-order valence-corrected chi connectivity index (χ0v) is 10.1.